The Labute approximate surface area is 126 Å². The molecule has 0 aromatic heterocycles. The molecule has 0 radical (unpaired) electrons. The number of nitrogens with zero attached hydrogens (tertiary/aromatic N) is 1. The minimum absolute atomic E-state index is 0.732. The lowest BCUT2D eigenvalue weighted by Gasteiger charge is -2.26. The highest BCUT2D eigenvalue weighted by Crippen LogP contribution is 1.98. The average Bonchev–Trinajstić information content (AvgIpc) is 2.52. The first-order valence-corrected chi connectivity index (χ1v) is 7.61. The van der Waals surface area contributed by atoms with Gasteiger partial charge in [0, 0.05) is 26.2 Å². The molecule has 2 rings (SSSR count). The van der Waals surface area contributed by atoms with Crippen molar-refractivity contribution in [3.63, 3.8) is 0 Å². The maximum atomic E-state index is 5.33. The molecule has 1 aliphatic heterocycles. The van der Waals surface area contributed by atoms with E-state index < -0.39 is 0 Å². The Morgan fingerprint density at radius 3 is 2.65 bits per heavy atom. The van der Waals surface area contributed by atoms with E-state index in [4.69, 9.17) is 17.0 Å². The molecule has 0 spiro atoms. The van der Waals surface area contributed by atoms with E-state index >= 15 is 0 Å². The normalized spacial score (nSPS) is 15.8. The van der Waals surface area contributed by atoms with Crippen LogP contribution < -0.4 is 10.6 Å². The van der Waals surface area contributed by atoms with Crippen molar-refractivity contribution in [2.75, 3.05) is 39.4 Å². The predicted molar refractivity (Wildman–Crippen MR) is 85.8 cm³/mol. The van der Waals surface area contributed by atoms with Gasteiger partial charge in [0.1, 0.15) is 0 Å². The number of benzene rings is 1. The molecule has 1 heterocycles. The van der Waals surface area contributed by atoms with E-state index in [2.05, 4.69) is 27.7 Å². The minimum atomic E-state index is 0.732. The third-order valence-corrected chi connectivity index (χ3v) is 3.62. The molecule has 1 aliphatic rings. The van der Waals surface area contributed by atoms with Gasteiger partial charge >= 0.3 is 0 Å². The molecule has 0 atom stereocenters. The van der Waals surface area contributed by atoms with Crippen molar-refractivity contribution in [3.8, 4) is 0 Å². The first-order chi connectivity index (χ1) is 9.84. The summed E-state index contributed by atoms with van der Waals surface area (Å²) in [7, 11) is 0. The number of ether oxygens (including phenoxy) is 1. The smallest absolute Gasteiger partial charge is 0.166 e. The summed E-state index contributed by atoms with van der Waals surface area (Å²) < 4.78 is 5.33. The van der Waals surface area contributed by atoms with Crippen LogP contribution in [0.5, 0.6) is 0 Å². The van der Waals surface area contributed by atoms with Crippen LogP contribution in [0.15, 0.2) is 30.3 Å². The topological polar surface area (TPSA) is 36.5 Å². The Hall–Kier alpha value is -1.17. The molecule has 0 aliphatic carbocycles. The second-order valence-electron chi connectivity index (χ2n) is 4.90. The van der Waals surface area contributed by atoms with Gasteiger partial charge in [-0.05, 0) is 30.7 Å². The summed E-state index contributed by atoms with van der Waals surface area (Å²) in [4.78, 5) is 2.44. The minimum Gasteiger partial charge on any atom is -0.379 e. The Balaban J connectivity index is 1.51. The van der Waals surface area contributed by atoms with Crippen molar-refractivity contribution >= 4 is 17.3 Å². The maximum Gasteiger partial charge on any atom is 0.166 e. The van der Waals surface area contributed by atoms with Gasteiger partial charge in [-0.25, -0.2) is 0 Å². The number of hydrogen-bond donors (Lipinski definition) is 2. The van der Waals surface area contributed by atoms with Gasteiger partial charge in [0.25, 0.3) is 0 Å². The third-order valence-electron chi connectivity index (χ3n) is 3.34. The second-order valence-corrected chi connectivity index (χ2v) is 5.31. The molecule has 20 heavy (non-hydrogen) atoms. The molecule has 1 fully saturated rings. The highest BCUT2D eigenvalue weighted by atomic mass is 32.1. The molecule has 5 heteroatoms. The summed E-state index contributed by atoms with van der Waals surface area (Å²) >= 11 is 5.27. The molecule has 110 valence electrons. The first kappa shape index (κ1) is 15.2. The van der Waals surface area contributed by atoms with Crippen LogP contribution >= 0.6 is 12.2 Å². The van der Waals surface area contributed by atoms with Gasteiger partial charge in [-0.1, -0.05) is 30.3 Å². The van der Waals surface area contributed by atoms with Crippen LogP contribution in [0.4, 0.5) is 0 Å². The summed E-state index contributed by atoms with van der Waals surface area (Å²) in [5, 5.41) is 7.21. The van der Waals surface area contributed by atoms with Crippen LogP contribution in [-0.4, -0.2) is 49.4 Å². The van der Waals surface area contributed by atoms with Gasteiger partial charge in [0.05, 0.1) is 13.2 Å². The van der Waals surface area contributed by atoms with Gasteiger partial charge in [-0.2, -0.15) is 0 Å². The average molecular weight is 293 g/mol. The summed E-state index contributed by atoms with van der Waals surface area (Å²) in [6, 6.07) is 10.3. The van der Waals surface area contributed by atoms with Gasteiger partial charge in [0.15, 0.2) is 5.11 Å². The highest BCUT2D eigenvalue weighted by Gasteiger charge is 2.08. The van der Waals surface area contributed by atoms with Gasteiger partial charge in [0.2, 0.25) is 0 Å². The van der Waals surface area contributed by atoms with Crippen molar-refractivity contribution in [2.45, 2.75) is 13.0 Å². The quantitative estimate of drug-likeness (QED) is 0.612. The molecule has 1 aromatic rings. The molecule has 4 nitrogen and oxygen atoms in total. The number of morpholine rings is 1. The fourth-order valence-corrected chi connectivity index (χ4v) is 2.34. The van der Waals surface area contributed by atoms with E-state index in [-0.39, 0.29) is 0 Å². The fraction of sp³-hybridized carbons (Fsp3) is 0.533. The van der Waals surface area contributed by atoms with Gasteiger partial charge in [-0.15, -0.1) is 0 Å². The van der Waals surface area contributed by atoms with E-state index in [1.807, 2.05) is 18.2 Å². The zero-order chi connectivity index (χ0) is 14.0. The highest BCUT2D eigenvalue weighted by molar-refractivity contribution is 7.80. The van der Waals surface area contributed by atoms with Crippen molar-refractivity contribution in [1.82, 2.24) is 15.5 Å². The van der Waals surface area contributed by atoms with Crippen molar-refractivity contribution in [1.29, 1.82) is 0 Å². The van der Waals surface area contributed by atoms with Crippen molar-refractivity contribution < 1.29 is 4.74 Å². The number of thiocarbonyl (C=S) groups is 1. The Morgan fingerprint density at radius 2 is 1.90 bits per heavy atom. The molecule has 0 bridgehead atoms. The molecular weight excluding hydrogens is 270 g/mol. The largest absolute Gasteiger partial charge is 0.379 e. The SMILES string of the molecule is S=C(NCCCN1CCOCC1)NCc1ccccc1. The Kier molecular flexibility index (Phi) is 6.77. The molecule has 0 unspecified atom stereocenters. The maximum absolute atomic E-state index is 5.33. The standard InChI is InChI=1S/C15H23N3OS/c20-15(17-13-14-5-2-1-3-6-14)16-7-4-8-18-9-11-19-12-10-18/h1-3,5-6H,4,7-13H2,(H2,16,17,20). The summed E-state index contributed by atoms with van der Waals surface area (Å²) in [5.74, 6) is 0. The molecule has 0 amide bonds. The van der Waals surface area contributed by atoms with Crippen LogP contribution in [0.2, 0.25) is 0 Å². The van der Waals surface area contributed by atoms with E-state index in [0.29, 0.717) is 0 Å². The summed E-state index contributed by atoms with van der Waals surface area (Å²) in [6.45, 7) is 6.63. The molecule has 2 N–H and O–H groups in total. The lowest BCUT2D eigenvalue weighted by atomic mass is 10.2. The van der Waals surface area contributed by atoms with E-state index in [1.165, 1.54) is 5.56 Å². The number of hydrogen-bond acceptors (Lipinski definition) is 3. The lowest BCUT2D eigenvalue weighted by molar-refractivity contribution is 0.0376. The Morgan fingerprint density at radius 1 is 1.15 bits per heavy atom. The van der Waals surface area contributed by atoms with Crippen LogP contribution in [0.3, 0.4) is 0 Å². The second kappa shape index (κ2) is 8.89. The van der Waals surface area contributed by atoms with Gasteiger partial charge < -0.3 is 15.4 Å². The van der Waals surface area contributed by atoms with Crippen LogP contribution in [0, 0.1) is 0 Å². The van der Waals surface area contributed by atoms with Gasteiger partial charge in [-0.3, -0.25) is 4.90 Å². The van der Waals surface area contributed by atoms with Crippen LogP contribution in [0.25, 0.3) is 0 Å². The monoisotopic (exact) mass is 293 g/mol. The number of rotatable bonds is 6. The first-order valence-electron chi connectivity index (χ1n) is 7.20. The molecule has 0 saturated carbocycles. The molecule has 1 aromatic carbocycles. The molecule has 1 saturated heterocycles. The lowest BCUT2D eigenvalue weighted by Crippen LogP contribution is -2.39. The van der Waals surface area contributed by atoms with Crippen molar-refractivity contribution in [2.24, 2.45) is 0 Å². The molecular formula is C15H23N3OS. The summed E-state index contributed by atoms with van der Waals surface area (Å²) in [6.07, 6.45) is 1.10. The van der Waals surface area contributed by atoms with E-state index in [0.717, 1.165) is 57.5 Å². The third kappa shape index (κ3) is 5.86. The fourth-order valence-electron chi connectivity index (χ4n) is 2.17. The predicted octanol–water partition coefficient (Wildman–Crippen LogP) is 1.37. The zero-order valence-electron chi connectivity index (χ0n) is 11.8. The van der Waals surface area contributed by atoms with Crippen LogP contribution in [0.1, 0.15) is 12.0 Å². The zero-order valence-corrected chi connectivity index (χ0v) is 12.6. The number of nitrogens with one attached hydrogen (secondary N) is 2. The Bertz CT molecular complexity index is 393. The van der Waals surface area contributed by atoms with E-state index in [9.17, 15) is 0 Å². The summed E-state index contributed by atoms with van der Waals surface area (Å²) in [5.41, 5.74) is 1.24. The van der Waals surface area contributed by atoms with Crippen LogP contribution in [-0.2, 0) is 11.3 Å². The van der Waals surface area contributed by atoms with Crippen molar-refractivity contribution in [3.05, 3.63) is 35.9 Å². The van der Waals surface area contributed by atoms with E-state index in [1.54, 1.807) is 0 Å².